The Morgan fingerprint density at radius 1 is 0.838 bits per heavy atom. The summed E-state index contributed by atoms with van der Waals surface area (Å²) in [6, 6.07) is 32.2. The Morgan fingerprint density at radius 2 is 1.57 bits per heavy atom. The first-order valence-electron chi connectivity index (χ1n) is 12.6. The highest BCUT2D eigenvalue weighted by molar-refractivity contribution is 7.21. The lowest BCUT2D eigenvalue weighted by molar-refractivity contribution is 0.102. The molecule has 2 heterocycles. The lowest BCUT2D eigenvalue weighted by Crippen LogP contribution is -2.42. The predicted octanol–water partition coefficient (Wildman–Crippen LogP) is 6.29. The maximum Gasteiger partial charge on any atom is 0.255 e. The van der Waals surface area contributed by atoms with Crippen molar-refractivity contribution in [3.05, 3.63) is 108 Å². The molecule has 0 spiro atoms. The number of amides is 1. The zero-order chi connectivity index (χ0) is 25.0. The Labute approximate surface area is 220 Å². The molecule has 1 aliphatic heterocycles. The lowest BCUT2D eigenvalue weighted by Gasteiger charge is -2.27. The number of fused-ring (bicyclic) bond motifs is 1. The predicted molar refractivity (Wildman–Crippen MR) is 153 cm³/mol. The van der Waals surface area contributed by atoms with Crippen LogP contribution >= 0.6 is 11.3 Å². The molecule has 1 fully saturated rings. The molecule has 1 aromatic heterocycles. The quantitative estimate of drug-likeness (QED) is 0.285. The van der Waals surface area contributed by atoms with Gasteiger partial charge in [-0.25, -0.2) is 4.98 Å². The molecule has 5 aromatic rings. The zero-order valence-corrected chi connectivity index (χ0v) is 21.3. The van der Waals surface area contributed by atoms with Crippen LogP contribution in [-0.2, 0) is 6.54 Å². The molecule has 37 heavy (non-hydrogen) atoms. The van der Waals surface area contributed by atoms with Crippen LogP contribution < -0.4 is 10.6 Å². The summed E-state index contributed by atoms with van der Waals surface area (Å²) in [6.07, 6.45) is 0. The van der Waals surface area contributed by atoms with Crippen LogP contribution in [0.15, 0.2) is 97.1 Å². The van der Waals surface area contributed by atoms with Crippen LogP contribution in [0, 0.1) is 0 Å². The van der Waals surface area contributed by atoms with Gasteiger partial charge in [-0.15, -0.1) is 11.3 Å². The van der Waals surface area contributed by atoms with Crippen LogP contribution in [0.3, 0.4) is 0 Å². The zero-order valence-electron chi connectivity index (χ0n) is 20.5. The lowest BCUT2D eigenvalue weighted by atomic mass is 10.0. The molecule has 1 aliphatic rings. The summed E-state index contributed by atoms with van der Waals surface area (Å²) in [5.74, 6) is -0.132. The second-order valence-electron chi connectivity index (χ2n) is 9.25. The van der Waals surface area contributed by atoms with Gasteiger partial charge in [0.2, 0.25) is 0 Å². The number of benzene rings is 4. The first kappa shape index (κ1) is 23.6. The van der Waals surface area contributed by atoms with Crippen LogP contribution in [0.2, 0.25) is 0 Å². The van der Waals surface area contributed by atoms with Crippen LogP contribution in [-0.4, -0.2) is 42.0 Å². The molecule has 0 atom stereocenters. The number of carbonyl (C=O) groups excluding carboxylic acids is 1. The number of hydrogen-bond acceptors (Lipinski definition) is 5. The van der Waals surface area contributed by atoms with Crippen molar-refractivity contribution in [1.29, 1.82) is 0 Å². The van der Waals surface area contributed by atoms with Gasteiger partial charge in [0, 0.05) is 43.9 Å². The average molecular weight is 505 g/mol. The van der Waals surface area contributed by atoms with Crippen molar-refractivity contribution in [2.24, 2.45) is 0 Å². The summed E-state index contributed by atoms with van der Waals surface area (Å²) >= 11 is 1.67. The maximum atomic E-state index is 13.2. The molecule has 4 aromatic carbocycles. The van der Waals surface area contributed by atoms with Gasteiger partial charge in [-0.2, -0.15) is 0 Å². The fourth-order valence-corrected chi connectivity index (χ4v) is 5.83. The maximum absolute atomic E-state index is 13.2. The second kappa shape index (κ2) is 10.6. The molecule has 0 radical (unpaired) electrons. The van der Waals surface area contributed by atoms with Crippen molar-refractivity contribution in [3.63, 3.8) is 0 Å². The molecule has 6 rings (SSSR count). The van der Waals surface area contributed by atoms with E-state index in [0.717, 1.165) is 65.6 Å². The first-order valence-corrected chi connectivity index (χ1v) is 13.4. The second-order valence-corrected chi connectivity index (χ2v) is 10.3. The van der Waals surface area contributed by atoms with E-state index in [1.54, 1.807) is 11.3 Å². The van der Waals surface area contributed by atoms with Crippen molar-refractivity contribution < 1.29 is 4.79 Å². The highest BCUT2D eigenvalue weighted by atomic mass is 32.1. The number of aromatic nitrogens is 1. The number of piperazine rings is 1. The summed E-state index contributed by atoms with van der Waals surface area (Å²) in [5.41, 5.74) is 6.85. The number of rotatable bonds is 6. The molecule has 184 valence electrons. The number of hydrogen-bond donors (Lipinski definition) is 2. The Hall–Kier alpha value is -3.84. The van der Waals surface area contributed by atoms with E-state index in [1.807, 2.05) is 66.7 Å². The average Bonchev–Trinajstić information content (AvgIpc) is 3.40. The van der Waals surface area contributed by atoms with Gasteiger partial charge in [-0.3, -0.25) is 9.69 Å². The first-order chi connectivity index (χ1) is 18.2. The smallest absolute Gasteiger partial charge is 0.255 e. The van der Waals surface area contributed by atoms with E-state index in [4.69, 9.17) is 4.98 Å². The van der Waals surface area contributed by atoms with E-state index >= 15 is 0 Å². The van der Waals surface area contributed by atoms with E-state index in [0.29, 0.717) is 5.56 Å². The third kappa shape index (κ3) is 5.18. The minimum absolute atomic E-state index is 0.132. The summed E-state index contributed by atoms with van der Waals surface area (Å²) in [7, 11) is 0. The minimum Gasteiger partial charge on any atom is -0.321 e. The van der Waals surface area contributed by atoms with Crippen molar-refractivity contribution in [3.8, 4) is 21.7 Å². The van der Waals surface area contributed by atoms with Gasteiger partial charge in [0.1, 0.15) is 5.01 Å². The molecule has 6 heteroatoms. The van der Waals surface area contributed by atoms with Crippen LogP contribution in [0.5, 0.6) is 0 Å². The van der Waals surface area contributed by atoms with Gasteiger partial charge in [0.15, 0.2) is 0 Å². The molecule has 2 N–H and O–H groups in total. The number of anilines is 1. The number of nitrogens with one attached hydrogen (secondary N) is 2. The number of para-hydroxylation sites is 2. The van der Waals surface area contributed by atoms with Gasteiger partial charge in [-0.1, -0.05) is 66.7 Å². The van der Waals surface area contributed by atoms with E-state index in [1.165, 1.54) is 10.3 Å². The summed E-state index contributed by atoms with van der Waals surface area (Å²) < 4.78 is 1.17. The molecule has 1 amide bonds. The summed E-state index contributed by atoms with van der Waals surface area (Å²) in [5, 5.41) is 7.45. The third-order valence-electron chi connectivity index (χ3n) is 6.77. The fraction of sp³-hybridized carbons (Fsp3) is 0.161. The van der Waals surface area contributed by atoms with Gasteiger partial charge in [-0.05, 0) is 47.0 Å². The van der Waals surface area contributed by atoms with E-state index in [-0.39, 0.29) is 5.91 Å². The Bertz CT molecular complexity index is 1520. The van der Waals surface area contributed by atoms with E-state index < -0.39 is 0 Å². The van der Waals surface area contributed by atoms with E-state index in [2.05, 4.69) is 45.9 Å². The number of carbonyl (C=O) groups is 1. The fourth-order valence-electron chi connectivity index (χ4n) is 4.78. The molecule has 0 unspecified atom stereocenters. The molecular formula is C31H28N4OS. The van der Waals surface area contributed by atoms with Gasteiger partial charge in [0.05, 0.1) is 15.9 Å². The SMILES string of the molecule is O=C(Nc1ccccc1-c1nc2c(CN3CCNCC3)cccc2s1)c1ccc(-c2ccccc2)cc1. The topological polar surface area (TPSA) is 57.3 Å². The highest BCUT2D eigenvalue weighted by Gasteiger charge is 2.17. The molecule has 0 aliphatic carbocycles. The molecule has 5 nitrogen and oxygen atoms in total. The summed E-state index contributed by atoms with van der Waals surface area (Å²) in [4.78, 5) is 20.7. The van der Waals surface area contributed by atoms with Crippen LogP contribution in [0.1, 0.15) is 15.9 Å². The van der Waals surface area contributed by atoms with Crippen molar-refractivity contribution in [2.45, 2.75) is 6.54 Å². The van der Waals surface area contributed by atoms with Crippen molar-refractivity contribution in [1.82, 2.24) is 15.2 Å². The molecular weight excluding hydrogens is 476 g/mol. The van der Waals surface area contributed by atoms with Gasteiger partial charge in [0.25, 0.3) is 5.91 Å². The minimum atomic E-state index is -0.132. The normalized spacial score (nSPS) is 14.1. The van der Waals surface area contributed by atoms with Crippen molar-refractivity contribution >= 4 is 33.1 Å². The number of nitrogens with zero attached hydrogens (tertiary/aromatic N) is 2. The number of thiazole rings is 1. The third-order valence-corrected chi connectivity index (χ3v) is 7.82. The molecule has 0 bridgehead atoms. The Kier molecular flexibility index (Phi) is 6.78. The highest BCUT2D eigenvalue weighted by Crippen LogP contribution is 2.36. The van der Waals surface area contributed by atoms with E-state index in [9.17, 15) is 4.79 Å². The molecule has 1 saturated heterocycles. The summed E-state index contributed by atoms with van der Waals surface area (Å²) in [6.45, 7) is 5.06. The largest absolute Gasteiger partial charge is 0.321 e. The van der Waals surface area contributed by atoms with Gasteiger partial charge >= 0.3 is 0 Å². The Balaban J connectivity index is 1.25. The van der Waals surface area contributed by atoms with Crippen molar-refractivity contribution in [2.75, 3.05) is 31.5 Å². The Morgan fingerprint density at radius 3 is 2.38 bits per heavy atom. The van der Waals surface area contributed by atoms with Crippen LogP contribution in [0.25, 0.3) is 31.9 Å². The van der Waals surface area contributed by atoms with Gasteiger partial charge < -0.3 is 10.6 Å². The van der Waals surface area contributed by atoms with Crippen LogP contribution in [0.4, 0.5) is 5.69 Å². The standard InChI is InChI=1S/C31H28N4OS/c36-30(24-15-13-23(14-16-24)22-7-2-1-3-8-22)33-27-11-5-4-10-26(27)31-34-29-25(9-6-12-28(29)37-31)21-35-19-17-32-18-20-35/h1-16,32H,17-21H2,(H,33,36). The molecule has 0 saturated carbocycles. The monoisotopic (exact) mass is 504 g/mol.